The van der Waals surface area contributed by atoms with E-state index >= 15 is 0 Å². The fourth-order valence-electron chi connectivity index (χ4n) is 7.46. The average molecular weight is 272 g/mol. The zero-order valence-corrected chi connectivity index (χ0v) is 14.0. The van der Waals surface area contributed by atoms with Gasteiger partial charge in [-0.1, -0.05) is 46.3 Å². The number of fused-ring (bicyclic) bond motifs is 3. The third-order valence-corrected chi connectivity index (χ3v) is 8.22. The van der Waals surface area contributed by atoms with E-state index < -0.39 is 0 Å². The number of hydrogen-bond acceptors (Lipinski definition) is 0. The van der Waals surface area contributed by atoms with Crippen molar-refractivity contribution in [1.82, 2.24) is 0 Å². The van der Waals surface area contributed by atoms with Crippen LogP contribution in [0.1, 0.15) is 79.1 Å². The molecule has 0 N–H and O–H groups in total. The summed E-state index contributed by atoms with van der Waals surface area (Å²) in [6.45, 7) is 10.3. The van der Waals surface area contributed by atoms with Crippen LogP contribution in [-0.4, -0.2) is 0 Å². The summed E-state index contributed by atoms with van der Waals surface area (Å²) in [4.78, 5) is 0. The molecule has 20 heavy (non-hydrogen) atoms. The van der Waals surface area contributed by atoms with E-state index in [4.69, 9.17) is 0 Å². The van der Waals surface area contributed by atoms with Crippen LogP contribution < -0.4 is 0 Å². The Morgan fingerprint density at radius 1 is 0.800 bits per heavy atom. The molecule has 0 radical (unpaired) electrons. The minimum absolute atomic E-state index is 0.546. The Hall–Kier alpha value is -0.260. The molecule has 0 aromatic heterocycles. The first-order valence-electron chi connectivity index (χ1n) is 9.00. The maximum absolute atomic E-state index is 2.69. The van der Waals surface area contributed by atoms with Crippen LogP contribution in [0.25, 0.3) is 0 Å². The van der Waals surface area contributed by atoms with E-state index in [0.717, 1.165) is 11.8 Å². The number of hydrogen-bond donors (Lipinski definition) is 0. The Kier molecular flexibility index (Phi) is 2.50. The van der Waals surface area contributed by atoms with E-state index in [1.807, 2.05) is 0 Å². The van der Waals surface area contributed by atoms with Crippen molar-refractivity contribution in [3.8, 4) is 0 Å². The van der Waals surface area contributed by atoms with Crippen molar-refractivity contribution in [2.75, 3.05) is 0 Å². The third-order valence-electron chi connectivity index (χ3n) is 8.22. The molecule has 3 saturated carbocycles. The summed E-state index contributed by atoms with van der Waals surface area (Å²) >= 11 is 0. The van der Waals surface area contributed by atoms with Gasteiger partial charge in [0.2, 0.25) is 0 Å². The molecule has 0 aromatic rings. The van der Waals surface area contributed by atoms with E-state index in [2.05, 4.69) is 39.8 Å². The first kappa shape index (κ1) is 13.4. The molecule has 0 heterocycles. The van der Waals surface area contributed by atoms with Crippen molar-refractivity contribution in [3.05, 3.63) is 12.2 Å². The lowest BCUT2D eigenvalue weighted by molar-refractivity contribution is -0.139. The molecular formula is C20H32. The van der Waals surface area contributed by atoms with Crippen LogP contribution in [0.5, 0.6) is 0 Å². The van der Waals surface area contributed by atoms with Gasteiger partial charge in [-0.2, -0.15) is 0 Å². The fraction of sp³-hybridized carbons (Fsp3) is 0.900. The standard InChI is InChI=1S/C20H32/c1-17(2)8-5-9-19(4)15(17)7-11-20-13-12-18(3,14-20)10-6-16(19)20/h12-13,15-16H,5-11,14H2,1-4H3/t15-,16+,18+,19-,20-/m1/s1. The van der Waals surface area contributed by atoms with Crippen molar-refractivity contribution in [2.45, 2.75) is 79.1 Å². The molecule has 1 spiro atoms. The van der Waals surface area contributed by atoms with Crippen LogP contribution in [0.2, 0.25) is 0 Å². The van der Waals surface area contributed by atoms with Gasteiger partial charge < -0.3 is 0 Å². The Morgan fingerprint density at radius 3 is 2.35 bits per heavy atom. The van der Waals surface area contributed by atoms with Crippen LogP contribution >= 0.6 is 0 Å². The highest BCUT2D eigenvalue weighted by Crippen LogP contribution is 2.71. The monoisotopic (exact) mass is 272 g/mol. The summed E-state index contributed by atoms with van der Waals surface area (Å²) in [5.41, 5.74) is 2.34. The first-order valence-corrected chi connectivity index (χ1v) is 9.00. The summed E-state index contributed by atoms with van der Waals surface area (Å²) in [6.07, 6.45) is 17.1. The van der Waals surface area contributed by atoms with Crippen molar-refractivity contribution in [2.24, 2.45) is 33.5 Å². The molecule has 0 heteroatoms. The Morgan fingerprint density at radius 2 is 1.55 bits per heavy atom. The van der Waals surface area contributed by atoms with E-state index in [0.29, 0.717) is 21.7 Å². The number of rotatable bonds is 0. The van der Waals surface area contributed by atoms with Gasteiger partial charge in [-0.15, -0.1) is 0 Å². The fourth-order valence-corrected chi connectivity index (χ4v) is 7.46. The lowest BCUT2D eigenvalue weighted by Crippen LogP contribution is -2.56. The average Bonchev–Trinajstić information content (AvgIpc) is 2.58. The summed E-state index contributed by atoms with van der Waals surface area (Å²) in [5.74, 6) is 1.94. The molecule has 112 valence electrons. The second kappa shape index (κ2) is 3.73. The molecule has 2 bridgehead atoms. The van der Waals surface area contributed by atoms with E-state index in [9.17, 15) is 0 Å². The maximum Gasteiger partial charge on any atom is -0.00762 e. The maximum atomic E-state index is 2.69. The van der Waals surface area contributed by atoms with Gasteiger partial charge in [0.05, 0.1) is 0 Å². The molecule has 0 nitrogen and oxygen atoms in total. The van der Waals surface area contributed by atoms with Gasteiger partial charge in [-0.05, 0) is 78.4 Å². The van der Waals surface area contributed by atoms with Gasteiger partial charge in [0.1, 0.15) is 0 Å². The Bertz CT molecular complexity index is 459. The van der Waals surface area contributed by atoms with Crippen LogP contribution in [0.3, 0.4) is 0 Å². The summed E-state index contributed by atoms with van der Waals surface area (Å²) < 4.78 is 0. The summed E-state index contributed by atoms with van der Waals surface area (Å²) in [7, 11) is 0. The van der Waals surface area contributed by atoms with E-state index in [1.54, 1.807) is 0 Å². The molecule has 0 aromatic carbocycles. The number of allylic oxidation sites excluding steroid dienone is 2. The molecule has 0 unspecified atom stereocenters. The van der Waals surface area contributed by atoms with Crippen LogP contribution in [0, 0.1) is 33.5 Å². The van der Waals surface area contributed by atoms with E-state index in [1.165, 1.54) is 51.4 Å². The van der Waals surface area contributed by atoms with Crippen molar-refractivity contribution in [1.29, 1.82) is 0 Å². The van der Waals surface area contributed by atoms with E-state index in [-0.39, 0.29) is 0 Å². The third kappa shape index (κ3) is 1.54. The highest BCUT2D eigenvalue weighted by Gasteiger charge is 2.62. The molecule has 4 aliphatic rings. The lowest BCUT2D eigenvalue weighted by atomic mass is 9.40. The molecule has 4 aliphatic carbocycles. The van der Waals surface area contributed by atoms with Gasteiger partial charge in [0.15, 0.2) is 0 Å². The molecule has 0 aliphatic heterocycles. The molecule has 0 amide bonds. The first-order chi connectivity index (χ1) is 9.30. The molecule has 0 saturated heterocycles. The summed E-state index contributed by atoms with van der Waals surface area (Å²) in [5, 5.41) is 0. The highest BCUT2D eigenvalue weighted by atomic mass is 14.7. The zero-order valence-electron chi connectivity index (χ0n) is 14.0. The normalized spacial score (nSPS) is 56.2. The quantitative estimate of drug-likeness (QED) is 0.476. The second-order valence-electron chi connectivity index (χ2n) is 9.93. The largest absolute Gasteiger partial charge is 0.0820 e. The van der Waals surface area contributed by atoms with Crippen molar-refractivity contribution < 1.29 is 0 Å². The van der Waals surface area contributed by atoms with Gasteiger partial charge >= 0.3 is 0 Å². The molecule has 5 atom stereocenters. The van der Waals surface area contributed by atoms with Gasteiger partial charge in [-0.3, -0.25) is 0 Å². The molecule has 3 fully saturated rings. The summed E-state index contributed by atoms with van der Waals surface area (Å²) in [6, 6.07) is 0. The Balaban J connectivity index is 1.75. The van der Waals surface area contributed by atoms with Gasteiger partial charge in [0, 0.05) is 0 Å². The predicted molar refractivity (Wildman–Crippen MR) is 85.5 cm³/mol. The molecule has 4 rings (SSSR count). The minimum Gasteiger partial charge on any atom is -0.0820 e. The molecular weight excluding hydrogens is 240 g/mol. The van der Waals surface area contributed by atoms with Crippen LogP contribution in [-0.2, 0) is 0 Å². The topological polar surface area (TPSA) is 0 Å². The highest BCUT2D eigenvalue weighted by molar-refractivity contribution is 5.25. The smallest absolute Gasteiger partial charge is 0.00762 e. The predicted octanol–water partition coefficient (Wildman–Crippen LogP) is 5.98. The SMILES string of the molecule is CC1(C)CCC[C@]2(C)[C@@H]1CC[C@]13C=C[C@](C)(CC[C@H]12)C3. The second-order valence-corrected chi connectivity index (χ2v) is 9.93. The zero-order chi connectivity index (χ0) is 14.2. The lowest BCUT2D eigenvalue weighted by Gasteiger charge is -2.64. The van der Waals surface area contributed by atoms with Gasteiger partial charge in [-0.25, -0.2) is 0 Å². The van der Waals surface area contributed by atoms with Crippen LogP contribution in [0.4, 0.5) is 0 Å². The van der Waals surface area contributed by atoms with Gasteiger partial charge in [0.25, 0.3) is 0 Å². The van der Waals surface area contributed by atoms with Crippen LogP contribution in [0.15, 0.2) is 12.2 Å². The Labute approximate surface area is 125 Å². The van der Waals surface area contributed by atoms with Crippen molar-refractivity contribution >= 4 is 0 Å². The van der Waals surface area contributed by atoms with Crippen molar-refractivity contribution in [3.63, 3.8) is 0 Å². The minimum atomic E-state index is 0.546.